The van der Waals surface area contributed by atoms with E-state index in [2.05, 4.69) is 0 Å². The van der Waals surface area contributed by atoms with Gasteiger partial charge in [0, 0.05) is 22.4 Å². The highest BCUT2D eigenvalue weighted by Gasteiger charge is 2.31. The molecule has 0 spiro atoms. The summed E-state index contributed by atoms with van der Waals surface area (Å²) < 4.78 is 26.6. The molecule has 1 aliphatic rings. The van der Waals surface area contributed by atoms with Crippen LogP contribution in [-0.2, 0) is 0 Å². The zero-order valence-electron chi connectivity index (χ0n) is 9.55. The predicted octanol–water partition coefficient (Wildman–Crippen LogP) is 3.07. The smallest absolute Gasteiger partial charge is 0.194 e. The first-order valence-corrected chi connectivity index (χ1v) is 5.43. The molecule has 0 aromatic heterocycles. The molecule has 0 aliphatic heterocycles. The highest BCUT2D eigenvalue weighted by Crippen LogP contribution is 2.42. The lowest BCUT2D eigenvalue weighted by Gasteiger charge is -2.07. The van der Waals surface area contributed by atoms with Crippen LogP contribution in [0.1, 0.15) is 21.5 Å². The first-order chi connectivity index (χ1) is 8.49. The molecule has 2 N–H and O–H groups in total. The predicted molar refractivity (Wildman–Crippen MR) is 64.4 cm³/mol. The number of aryl methyl sites for hydroxylation is 1. The summed E-state index contributed by atoms with van der Waals surface area (Å²) in [6.07, 6.45) is 0. The summed E-state index contributed by atoms with van der Waals surface area (Å²) >= 11 is 0. The topological polar surface area (TPSA) is 43.1 Å². The first kappa shape index (κ1) is 10.9. The normalized spacial score (nSPS) is 12.5. The van der Waals surface area contributed by atoms with Crippen LogP contribution in [0, 0.1) is 18.6 Å². The van der Waals surface area contributed by atoms with E-state index in [1.54, 1.807) is 6.92 Å². The van der Waals surface area contributed by atoms with Crippen molar-refractivity contribution in [3.05, 3.63) is 52.6 Å². The summed E-state index contributed by atoms with van der Waals surface area (Å²) in [7, 11) is 0. The van der Waals surface area contributed by atoms with Crippen molar-refractivity contribution in [3.8, 4) is 11.1 Å². The molecule has 2 aromatic rings. The molecule has 0 atom stereocenters. The van der Waals surface area contributed by atoms with E-state index < -0.39 is 11.6 Å². The Kier molecular flexibility index (Phi) is 2.05. The summed E-state index contributed by atoms with van der Waals surface area (Å²) in [6.45, 7) is 1.70. The maximum absolute atomic E-state index is 13.3. The van der Waals surface area contributed by atoms with Crippen LogP contribution < -0.4 is 5.73 Å². The highest BCUT2D eigenvalue weighted by molar-refractivity contribution is 6.23. The zero-order chi connectivity index (χ0) is 13.0. The highest BCUT2D eigenvalue weighted by atomic mass is 19.1. The fourth-order valence-electron chi connectivity index (χ4n) is 2.49. The van der Waals surface area contributed by atoms with E-state index in [9.17, 15) is 13.6 Å². The SMILES string of the molecule is Cc1cc(F)cc2c1-c1c(N)cc(F)cc1C2=O. The molecule has 2 aromatic carbocycles. The van der Waals surface area contributed by atoms with Gasteiger partial charge in [-0.05, 0) is 42.3 Å². The Balaban J connectivity index is 2.44. The monoisotopic (exact) mass is 245 g/mol. The third-order valence-corrected chi connectivity index (χ3v) is 3.17. The lowest BCUT2D eigenvalue weighted by molar-refractivity contribution is 0.104. The fraction of sp³-hybridized carbons (Fsp3) is 0.0714. The molecule has 2 nitrogen and oxygen atoms in total. The minimum absolute atomic E-state index is 0.201. The molecule has 0 bridgehead atoms. The number of fused-ring (bicyclic) bond motifs is 3. The van der Waals surface area contributed by atoms with Gasteiger partial charge in [0.2, 0.25) is 0 Å². The van der Waals surface area contributed by atoms with Gasteiger partial charge < -0.3 is 5.73 Å². The van der Waals surface area contributed by atoms with E-state index in [1.807, 2.05) is 0 Å². The molecule has 3 rings (SSSR count). The van der Waals surface area contributed by atoms with Crippen LogP contribution in [0.5, 0.6) is 0 Å². The molecular formula is C14H9F2NO. The van der Waals surface area contributed by atoms with Crippen molar-refractivity contribution in [1.29, 1.82) is 0 Å². The number of ketones is 1. The molecule has 0 saturated carbocycles. The number of carbonyl (C=O) groups is 1. The number of anilines is 1. The van der Waals surface area contributed by atoms with Crippen LogP contribution in [0.3, 0.4) is 0 Å². The van der Waals surface area contributed by atoms with Gasteiger partial charge in [-0.15, -0.1) is 0 Å². The molecular weight excluding hydrogens is 236 g/mol. The summed E-state index contributed by atoms with van der Waals surface area (Å²) in [5.41, 5.74) is 8.16. The van der Waals surface area contributed by atoms with E-state index in [0.717, 1.165) is 6.07 Å². The van der Waals surface area contributed by atoms with E-state index >= 15 is 0 Å². The Morgan fingerprint density at radius 2 is 1.50 bits per heavy atom. The van der Waals surface area contributed by atoms with E-state index in [-0.39, 0.29) is 22.6 Å². The van der Waals surface area contributed by atoms with Crippen molar-refractivity contribution in [2.75, 3.05) is 5.73 Å². The summed E-state index contributed by atoms with van der Waals surface area (Å²) in [5, 5.41) is 0. The average molecular weight is 245 g/mol. The van der Waals surface area contributed by atoms with E-state index in [0.29, 0.717) is 16.7 Å². The Labute approximate surface area is 102 Å². The van der Waals surface area contributed by atoms with Crippen LogP contribution in [0.15, 0.2) is 24.3 Å². The van der Waals surface area contributed by atoms with Gasteiger partial charge in [-0.25, -0.2) is 8.78 Å². The Morgan fingerprint density at radius 1 is 0.944 bits per heavy atom. The van der Waals surface area contributed by atoms with Crippen molar-refractivity contribution in [1.82, 2.24) is 0 Å². The second-order valence-electron chi connectivity index (χ2n) is 4.39. The van der Waals surface area contributed by atoms with Gasteiger partial charge in [-0.1, -0.05) is 0 Å². The molecule has 4 heteroatoms. The summed E-state index contributed by atoms with van der Waals surface area (Å²) in [5.74, 6) is -1.43. The van der Waals surface area contributed by atoms with Gasteiger partial charge in [-0.3, -0.25) is 4.79 Å². The van der Waals surface area contributed by atoms with E-state index in [1.165, 1.54) is 18.2 Å². The largest absolute Gasteiger partial charge is 0.398 e. The average Bonchev–Trinajstić information content (AvgIpc) is 2.54. The first-order valence-electron chi connectivity index (χ1n) is 5.43. The van der Waals surface area contributed by atoms with Crippen LogP contribution in [0.2, 0.25) is 0 Å². The standard InChI is InChI=1S/C14H9F2NO/c1-6-2-7(15)3-9-12(6)13-10(14(9)18)4-8(16)5-11(13)17/h2-5H,17H2,1H3. The quantitative estimate of drug-likeness (QED) is 0.618. The number of carbonyl (C=O) groups excluding carboxylic acids is 1. The third-order valence-electron chi connectivity index (χ3n) is 3.17. The minimum atomic E-state index is -0.564. The second-order valence-corrected chi connectivity index (χ2v) is 4.39. The van der Waals surface area contributed by atoms with Gasteiger partial charge in [0.25, 0.3) is 0 Å². The van der Waals surface area contributed by atoms with Crippen molar-refractivity contribution in [2.45, 2.75) is 6.92 Å². The molecule has 90 valence electrons. The van der Waals surface area contributed by atoms with Crippen molar-refractivity contribution >= 4 is 11.5 Å². The maximum atomic E-state index is 13.3. The van der Waals surface area contributed by atoms with Crippen LogP contribution in [0.4, 0.5) is 14.5 Å². The lowest BCUT2D eigenvalue weighted by atomic mass is 9.99. The Morgan fingerprint density at radius 3 is 2.17 bits per heavy atom. The Hall–Kier alpha value is -2.23. The maximum Gasteiger partial charge on any atom is 0.194 e. The van der Waals surface area contributed by atoms with E-state index in [4.69, 9.17) is 5.73 Å². The van der Waals surface area contributed by atoms with Crippen molar-refractivity contribution < 1.29 is 13.6 Å². The van der Waals surface area contributed by atoms with Crippen molar-refractivity contribution in [2.24, 2.45) is 0 Å². The van der Waals surface area contributed by atoms with Crippen LogP contribution >= 0.6 is 0 Å². The molecule has 18 heavy (non-hydrogen) atoms. The molecule has 0 unspecified atom stereocenters. The second kappa shape index (κ2) is 3.38. The third kappa shape index (κ3) is 1.29. The van der Waals surface area contributed by atoms with Gasteiger partial charge in [0.15, 0.2) is 5.78 Å². The van der Waals surface area contributed by atoms with Crippen LogP contribution in [-0.4, -0.2) is 5.78 Å². The number of hydrogen-bond acceptors (Lipinski definition) is 2. The van der Waals surface area contributed by atoms with Gasteiger partial charge in [-0.2, -0.15) is 0 Å². The van der Waals surface area contributed by atoms with Crippen LogP contribution in [0.25, 0.3) is 11.1 Å². The van der Waals surface area contributed by atoms with Gasteiger partial charge in [0.05, 0.1) is 0 Å². The molecule has 1 aliphatic carbocycles. The van der Waals surface area contributed by atoms with Crippen molar-refractivity contribution in [3.63, 3.8) is 0 Å². The fourth-order valence-corrected chi connectivity index (χ4v) is 2.49. The number of hydrogen-bond donors (Lipinski definition) is 1. The zero-order valence-corrected chi connectivity index (χ0v) is 9.55. The lowest BCUT2D eigenvalue weighted by Crippen LogP contribution is -1.97. The number of halogens is 2. The molecule has 0 radical (unpaired) electrons. The van der Waals surface area contributed by atoms with Gasteiger partial charge >= 0.3 is 0 Å². The number of benzene rings is 2. The molecule has 0 saturated heterocycles. The number of nitrogen functional groups attached to an aromatic ring is 1. The summed E-state index contributed by atoms with van der Waals surface area (Å²) in [6, 6.07) is 4.82. The molecule has 0 amide bonds. The Bertz CT molecular complexity index is 648. The minimum Gasteiger partial charge on any atom is -0.398 e. The number of rotatable bonds is 0. The molecule has 0 heterocycles. The molecule has 0 fully saturated rings. The summed E-state index contributed by atoms with van der Waals surface area (Å²) in [4.78, 5) is 12.1. The van der Waals surface area contributed by atoms with Gasteiger partial charge in [0.1, 0.15) is 11.6 Å². The number of nitrogens with two attached hydrogens (primary N) is 1.